The lowest BCUT2D eigenvalue weighted by Crippen LogP contribution is -2.05. The van der Waals surface area contributed by atoms with E-state index in [0.717, 1.165) is 16.7 Å². The third-order valence-corrected chi connectivity index (χ3v) is 4.01. The number of carbonyl (C=O) groups is 3. The second-order valence-electron chi connectivity index (χ2n) is 7.23. The zero-order valence-corrected chi connectivity index (χ0v) is 20.9. The smallest absolute Gasteiger partial charge is 0.461 e. The van der Waals surface area contributed by atoms with E-state index in [-0.39, 0.29) is 34.3 Å². The normalized spacial score (nSPS) is 11.3. The zero-order valence-electron chi connectivity index (χ0n) is 22.9. The summed E-state index contributed by atoms with van der Waals surface area (Å²) in [6.45, 7) is 5.26. The average Bonchev–Trinajstić information content (AvgIpc) is 2.94. The van der Waals surface area contributed by atoms with E-state index in [0.29, 0.717) is 23.6 Å². The van der Waals surface area contributed by atoms with Crippen molar-refractivity contribution >= 4 is 41.4 Å². The van der Waals surface area contributed by atoms with Gasteiger partial charge in [0.05, 0.1) is 10.5 Å². The van der Waals surface area contributed by atoms with E-state index >= 15 is 0 Å². The predicted molar refractivity (Wildman–Crippen MR) is 148 cm³/mol. The highest BCUT2D eigenvalue weighted by molar-refractivity contribution is 6.03. The number of nitrogens with two attached hydrogens (primary N) is 1. The summed E-state index contributed by atoms with van der Waals surface area (Å²) in [6.07, 6.45) is 7.09. The summed E-state index contributed by atoms with van der Waals surface area (Å²) >= 11 is 0. The summed E-state index contributed by atoms with van der Waals surface area (Å²) in [4.78, 5) is 40.3. The highest BCUT2D eigenvalue weighted by atomic mass is 16.5. The maximum absolute atomic E-state index is 10.8. The van der Waals surface area contributed by atoms with Crippen molar-refractivity contribution < 1.29 is 37.9 Å². The van der Waals surface area contributed by atoms with Gasteiger partial charge in [0, 0.05) is 36.3 Å². The molecule has 2 aromatic carbocycles. The fourth-order valence-electron chi connectivity index (χ4n) is 2.33. The first-order valence-corrected chi connectivity index (χ1v) is 10.8. The van der Waals surface area contributed by atoms with Gasteiger partial charge in [0.2, 0.25) is 5.91 Å². The van der Waals surface area contributed by atoms with Crippen molar-refractivity contribution in [3.05, 3.63) is 96.1 Å². The molecule has 0 aromatic heterocycles. The lowest BCUT2D eigenvalue weighted by atomic mass is 10.1. The average molecular weight is 528 g/mol. The van der Waals surface area contributed by atoms with Crippen LogP contribution in [0.3, 0.4) is 0 Å². The molecule has 3 rings (SSSR count). The molecule has 0 bridgehead atoms. The highest BCUT2D eigenvalue weighted by Crippen LogP contribution is 2.10. The van der Waals surface area contributed by atoms with Crippen LogP contribution in [-0.4, -0.2) is 35.1 Å². The number of esters is 2. The Labute approximate surface area is 226 Å². The van der Waals surface area contributed by atoms with Crippen molar-refractivity contribution in [2.24, 2.45) is 0 Å². The Balaban J connectivity index is 0. The van der Waals surface area contributed by atoms with Crippen molar-refractivity contribution in [1.82, 2.24) is 0 Å². The molecule has 0 heterocycles. The summed E-state index contributed by atoms with van der Waals surface area (Å²) in [7, 11) is 0. The second-order valence-corrected chi connectivity index (χ2v) is 7.23. The molecule has 1 aliphatic carbocycles. The number of anilines is 2. The third-order valence-electron chi connectivity index (χ3n) is 4.01. The van der Waals surface area contributed by atoms with Crippen LogP contribution < -0.4 is 11.1 Å². The molecule has 38 heavy (non-hydrogen) atoms. The first-order valence-electron chi connectivity index (χ1n) is 12.2. The van der Waals surface area contributed by atoms with Crippen LogP contribution in [-0.2, 0) is 41.9 Å². The summed E-state index contributed by atoms with van der Waals surface area (Å²) < 4.78 is 23.0. The van der Waals surface area contributed by atoms with E-state index in [1.807, 2.05) is 12.2 Å². The summed E-state index contributed by atoms with van der Waals surface area (Å²) in [5.41, 5.74) is 10.0. The van der Waals surface area contributed by atoms with Gasteiger partial charge in [-0.25, -0.2) is 5.11 Å². The fraction of sp³-hybridized carbons (Fsp3) is 0.179. The van der Waals surface area contributed by atoms with Gasteiger partial charge in [-0.1, -0.05) is 43.0 Å². The predicted octanol–water partition coefficient (Wildman–Crippen LogP) is 4.59. The van der Waals surface area contributed by atoms with Crippen LogP contribution in [0.15, 0.2) is 85.0 Å². The first-order chi connectivity index (χ1) is 19.0. The van der Waals surface area contributed by atoms with Gasteiger partial charge >= 0.3 is 18.4 Å². The number of aliphatic hydroxyl groups excluding tert-OH is 1. The van der Waals surface area contributed by atoms with Gasteiger partial charge < -0.3 is 25.9 Å². The van der Waals surface area contributed by atoms with Crippen LogP contribution in [0.2, 0.25) is 0 Å². The Kier molecular flexibility index (Phi) is 14.7. The van der Waals surface area contributed by atoms with E-state index in [2.05, 4.69) is 11.9 Å². The monoisotopic (exact) mass is 527 g/mol. The fourth-order valence-corrected chi connectivity index (χ4v) is 2.33. The van der Waals surface area contributed by atoms with E-state index in [4.69, 9.17) is 33.3 Å². The van der Waals surface area contributed by atoms with Crippen molar-refractivity contribution in [3.8, 4) is 0 Å². The molecule has 0 radical (unpaired) electrons. The van der Waals surface area contributed by atoms with Crippen molar-refractivity contribution in [1.29, 1.82) is 5.41 Å². The largest absolute Gasteiger partial charge is 0.794 e. The lowest BCUT2D eigenvalue weighted by Gasteiger charge is -2.04. The standard InChI is InChI=1S/C11H13NO3.C9H11NO2.C7H7N.CHO2.H2/c1-8(13)12-11-5-3-10(4-6-11)7-15-9(2)14;1-7(11)12-6-8-2-4-9(10)5-3-8;1-6-2-4-7(8)5-3-6;2-1-3;/h3-6H,7H2,1-2H3,(H,12,13);2-5H,6,10H2,1H3;2-5,8H,1H2;(H,2,3);1H/q;;;+1;/i2D;1D;;;1+1. The Morgan fingerprint density at radius 3 is 1.76 bits per heavy atom. The Morgan fingerprint density at radius 1 is 0.974 bits per heavy atom. The summed E-state index contributed by atoms with van der Waals surface area (Å²) in [5, 5.41) is 16.5. The molecule has 0 saturated carbocycles. The van der Waals surface area contributed by atoms with Crippen molar-refractivity contribution in [3.63, 3.8) is 0 Å². The minimum atomic E-state index is -0.550. The van der Waals surface area contributed by atoms with E-state index in [1.54, 1.807) is 60.7 Å². The number of ether oxygens (including phenoxy) is 2. The molecule has 202 valence electrons. The van der Waals surface area contributed by atoms with Crippen molar-refractivity contribution in [2.75, 3.05) is 11.1 Å². The number of allylic oxidation sites excluding steroid dienone is 5. The van der Waals surface area contributed by atoms with Gasteiger partial charge in [-0.2, -0.15) is 0 Å². The number of benzene rings is 2. The molecule has 0 aliphatic heterocycles. The minimum Gasteiger partial charge on any atom is -0.461 e. The summed E-state index contributed by atoms with van der Waals surface area (Å²) in [5.74, 6) is -1.20. The number of amides is 1. The molecule has 10 heteroatoms. The van der Waals surface area contributed by atoms with Crippen molar-refractivity contribution in [2.45, 2.75) is 33.9 Å². The van der Waals surface area contributed by atoms with Crippen LogP contribution in [0.25, 0.3) is 0 Å². The quantitative estimate of drug-likeness (QED) is 0.249. The van der Waals surface area contributed by atoms with Gasteiger partial charge in [0.1, 0.15) is 13.2 Å². The molecule has 10 nitrogen and oxygen atoms in total. The second kappa shape index (κ2) is 19.1. The molecule has 5 N–H and O–H groups in total. The van der Waals surface area contributed by atoms with Crippen LogP contribution in [0.5, 0.6) is 0 Å². The number of hydrogen-bond acceptors (Lipinski definition) is 8. The van der Waals surface area contributed by atoms with Gasteiger partial charge in [-0.15, -0.1) is 0 Å². The molecular weight excluding hydrogens is 490 g/mol. The molecule has 0 spiro atoms. The van der Waals surface area contributed by atoms with Gasteiger partial charge in [0.25, 0.3) is 0 Å². The molecule has 0 atom stereocenters. The third kappa shape index (κ3) is 18.3. The van der Waals surface area contributed by atoms with E-state index in [9.17, 15) is 14.4 Å². The van der Waals surface area contributed by atoms with Crippen LogP contribution >= 0.6 is 0 Å². The lowest BCUT2D eigenvalue weighted by molar-refractivity contribution is -0.143. The zero-order chi connectivity index (χ0) is 30.3. The number of nitrogens with one attached hydrogen (secondary N) is 2. The maximum atomic E-state index is 10.8. The van der Waals surface area contributed by atoms with E-state index < -0.39 is 11.9 Å². The van der Waals surface area contributed by atoms with Crippen LogP contribution in [0.1, 0.15) is 36.0 Å². The SMILES string of the molecule is C=C1C=CC(=N)C=C1.O=[C+]O.[2HH].[2H]CC(=O)OCc1ccc(N)cc1.[2H]CC(=O)OCc1ccc(NC(C)=O)cc1. The Bertz CT molecular complexity index is 1150. The minimum absolute atomic E-state index is 0. The molecule has 1 amide bonds. The number of nitrogen functional groups attached to an aromatic ring is 1. The molecule has 0 saturated heterocycles. The number of rotatable bonds is 5. The van der Waals surface area contributed by atoms with Crippen LogP contribution in [0.4, 0.5) is 11.4 Å². The highest BCUT2D eigenvalue weighted by Gasteiger charge is 1.98. The molecule has 2 aromatic rings. The van der Waals surface area contributed by atoms with Gasteiger partial charge in [-0.05, 0) is 53.1 Å². The molecular formula is C28H34N3O7+. The Morgan fingerprint density at radius 2 is 1.39 bits per heavy atom. The number of carbonyl (C=O) groups excluding carboxylic acids is 3. The molecule has 1 aliphatic rings. The number of hydrogen-bond donors (Lipinski definition) is 4. The topological polar surface area (TPSA) is 169 Å². The van der Waals surface area contributed by atoms with Gasteiger partial charge in [-0.3, -0.25) is 14.4 Å². The molecule has 0 fully saturated rings. The first kappa shape index (κ1) is 29.2. The summed E-state index contributed by atoms with van der Waals surface area (Å²) in [6, 6.07) is 14.0. The Hall–Kier alpha value is -5.08. The van der Waals surface area contributed by atoms with E-state index in [1.165, 1.54) is 6.92 Å². The molecule has 0 unspecified atom stereocenters. The van der Waals surface area contributed by atoms with Gasteiger partial charge in [0.15, 0.2) is 0 Å². The van der Waals surface area contributed by atoms with Crippen LogP contribution in [0, 0.1) is 5.41 Å². The maximum Gasteiger partial charge on any atom is 0.794 e.